The Morgan fingerprint density at radius 2 is 1.84 bits per heavy atom. The molecule has 25 heavy (non-hydrogen) atoms. The van der Waals surface area contributed by atoms with Crippen LogP contribution in [0.15, 0.2) is 0 Å². The second-order valence-electron chi connectivity index (χ2n) is 10.3. The van der Waals surface area contributed by atoms with Crippen LogP contribution in [0.1, 0.15) is 65.2 Å². The largest absolute Gasteiger partial charge is 0.383 e. The lowest BCUT2D eigenvalue weighted by atomic mass is 9.40. The first-order valence-electron chi connectivity index (χ1n) is 9.83. The van der Waals surface area contributed by atoms with E-state index in [2.05, 4.69) is 24.5 Å². The highest BCUT2D eigenvalue weighted by Crippen LogP contribution is 2.69. The van der Waals surface area contributed by atoms with Crippen molar-refractivity contribution in [3.8, 4) is 0 Å². The van der Waals surface area contributed by atoms with Crippen molar-refractivity contribution >= 4 is 18.3 Å². The predicted octanol–water partition coefficient (Wildman–Crippen LogP) is 3.29. The molecule has 3 atom stereocenters. The van der Waals surface area contributed by atoms with Crippen LogP contribution in [0.5, 0.6) is 0 Å². The van der Waals surface area contributed by atoms with E-state index in [1.807, 2.05) is 0 Å². The second-order valence-corrected chi connectivity index (χ2v) is 10.3. The molecule has 5 fully saturated rings. The summed E-state index contributed by atoms with van der Waals surface area (Å²) in [6, 6.07) is 0. The van der Waals surface area contributed by atoms with Crippen LogP contribution >= 0.6 is 12.4 Å². The molecular weight excluding hydrogens is 336 g/mol. The zero-order valence-corrected chi connectivity index (χ0v) is 16.9. The summed E-state index contributed by atoms with van der Waals surface area (Å²) in [5.74, 6) is 1.09. The van der Waals surface area contributed by atoms with Gasteiger partial charge in [-0.05, 0) is 74.7 Å². The zero-order chi connectivity index (χ0) is 17.1. The van der Waals surface area contributed by atoms with Gasteiger partial charge in [0.1, 0.15) is 0 Å². The van der Waals surface area contributed by atoms with Gasteiger partial charge in [0.05, 0.1) is 17.6 Å². The Morgan fingerprint density at radius 1 is 1.16 bits per heavy atom. The number of hydrogen-bond donors (Lipinski definition) is 2. The number of methoxy groups -OCH3 is 1. The van der Waals surface area contributed by atoms with Crippen LogP contribution in [0.4, 0.5) is 0 Å². The molecule has 144 valence electrons. The summed E-state index contributed by atoms with van der Waals surface area (Å²) in [6.45, 7) is 7.28. The molecule has 4 aliphatic carbocycles. The average Bonchev–Trinajstić information content (AvgIpc) is 2.90. The lowest BCUT2D eigenvalue weighted by Gasteiger charge is -2.64. The van der Waals surface area contributed by atoms with Crippen molar-refractivity contribution in [2.24, 2.45) is 22.2 Å². The van der Waals surface area contributed by atoms with E-state index in [4.69, 9.17) is 4.74 Å². The number of amides is 1. The molecule has 1 aliphatic heterocycles. The zero-order valence-electron chi connectivity index (χ0n) is 16.1. The topological polar surface area (TPSA) is 50.4 Å². The van der Waals surface area contributed by atoms with Crippen LogP contribution in [0, 0.1) is 22.2 Å². The molecular formula is C20H35ClN2O2. The molecule has 0 aromatic carbocycles. The molecule has 0 radical (unpaired) electrons. The van der Waals surface area contributed by atoms with Crippen molar-refractivity contribution in [1.29, 1.82) is 0 Å². The molecule has 0 aromatic heterocycles. The average molecular weight is 371 g/mol. The van der Waals surface area contributed by atoms with Gasteiger partial charge in [0, 0.05) is 13.7 Å². The Kier molecular flexibility index (Phi) is 4.96. The molecule has 0 aromatic rings. The van der Waals surface area contributed by atoms with Gasteiger partial charge in [-0.3, -0.25) is 4.79 Å². The first-order valence-corrected chi connectivity index (χ1v) is 9.83. The van der Waals surface area contributed by atoms with Gasteiger partial charge in [-0.25, -0.2) is 0 Å². The Hall–Kier alpha value is -0.320. The maximum atomic E-state index is 13.3. The highest BCUT2D eigenvalue weighted by Gasteiger charge is 2.62. The lowest BCUT2D eigenvalue weighted by molar-refractivity contribution is -0.170. The highest BCUT2D eigenvalue weighted by atomic mass is 35.5. The number of carbonyl (C=O) groups is 1. The summed E-state index contributed by atoms with van der Waals surface area (Å²) in [6.07, 6.45) is 9.58. The molecule has 1 heterocycles. The molecule has 0 spiro atoms. The molecule has 3 unspecified atom stereocenters. The van der Waals surface area contributed by atoms with Gasteiger partial charge < -0.3 is 15.4 Å². The minimum Gasteiger partial charge on any atom is -0.383 e. The molecule has 4 saturated carbocycles. The summed E-state index contributed by atoms with van der Waals surface area (Å²) in [5, 5.41) is 6.94. The summed E-state index contributed by atoms with van der Waals surface area (Å²) >= 11 is 0. The molecule has 5 aliphatic rings. The molecule has 2 N–H and O–H groups in total. The number of rotatable bonds is 5. The number of ether oxygens (including phenoxy) is 1. The number of halogens is 1. The van der Waals surface area contributed by atoms with Crippen molar-refractivity contribution in [2.45, 2.75) is 70.8 Å². The molecule has 5 rings (SSSR count). The first kappa shape index (κ1) is 19.4. The third kappa shape index (κ3) is 3.35. The third-order valence-electron chi connectivity index (χ3n) is 7.45. The van der Waals surface area contributed by atoms with Crippen LogP contribution in [-0.4, -0.2) is 38.3 Å². The summed E-state index contributed by atoms with van der Waals surface area (Å²) in [7, 11) is 1.75. The normalized spacial score (nSPS) is 47.6. The fraction of sp³-hybridized carbons (Fsp3) is 0.950. The Labute approximate surface area is 158 Å². The lowest BCUT2D eigenvalue weighted by Crippen LogP contribution is -2.61. The SMILES string of the molecule is COCC1(CNC(=O)C23CC4CC(C)(CC(C)(C4)C2)C3)CCCN1.Cl. The van der Waals surface area contributed by atoms with Crippen LogP contribution in [0.2, 0.25) is 0 Å². The van der Waals surface area contributed by atoms with E-state index in [9.17, 15) is 4.79 Å². The van der Waals surface area contributed by atoms with Gasteiger partial charge in [-0.1, -0.05) is 13.8 Å². The van der Waals surface area contributed by atoms with Crippen LogP contribution in [0.25, 0.3) is 0 Å². The van der Waals surface area contributed by atoms with Gasteiger partial charge in [-0.2, -0.15) is 0 Å². The van der Waals surface area contributed by atoms with Gasteiger partial charge in [0.2, 0.25) is 5.91 Å². The summed E-state index contributed by atoms with van der Waals surface area (Å²) in [4.78, 5) is 13.3. The van der Waals surface area contributed by atoms with Crippen LogP contribution in [0.3, 0.4) is 0 Å². The number of hydrogen-bond acceptors (Lipinski definition) is 3. The van der Waals surface area contributed by atoms with Gasteiger partial charge in [0.25, 0.3) is 0 Å². The van der Waals surface area contributed by atoms with Gasteiger partial charge in [-0.15, -0.1) is 12.4 Å². The molecule has 1 amide bonds. The summed E-state index contributed by atoms with van der Waals surface area (Å²) in [5.41, 5.74) is 0.624. The standard InChI is InChI=1S/C20H34N2O2.ClH/c1-17-7-15-8-18(2,10-17)12-19(9-15,11-17)16(23)21-13-20(14-24-3)5-4-6-22-20;/h15,22H,4-14H2,1-3H3,(H,21,23);1H. The molecule has 1 saturated heterocycles. The smallest absolute Gasteiger partial charge is 0.226 e. The van der Waals surface area contributed by atoms with E-state index >= 15 is 0 Å². The minimum atomic E-state index is -0.101. The quantitative estimate of drug-likeness (QED) is 0.780. The third-order valence-corrected chi connectivity index (χ3v) is 7.45. The monoisotopic (exact) mass is 370 g/mol. The van der Waals surface area contributed by atoms with E-state index in [-0.39, 0.29) is 23.4 Å². The van der Waals surface area contributed by atoms with Crippen LogP contribution < -0.4 is 10.6 Å². The Bertz CT molecular complexity index is 514. The van der Waals surface area contributed by atoms with Crippen molar-refractivity contribution in [1.82, 2.24) is 10.6 Å². The summed E-state index contributed by atoms with van der Waals surface area (Å²) < 4.78 is 5.43. The van der Waals surface area contributed by atoms with E-state index < -0.39 is 0 Å². The maximum absolute atomic E-state index is 13.3. The van der Waals surface area contributed by atoms with E-state index in [0.717, 1.165) is 38.1 Å². The maximum Gasteiger partial charge on any atom is 0.226 e. The van der Waals surface area contributed by atoms with E-state index in [0.29, 0.717) is 29.9 Å². The van der Waals surface area contributed by atoms with Crippen molar-refractivity contribution in [3.63, 3.8) is 0 Å². The van der Waals surface area contributed by atoms with Gasteiger partial charge >= 0.3 is 0 Å². The highest BCUT2D eigenvalue weighted by molar-refractivity contribution is 5.85. The number of nitrogens with one attached hydrogen (secondary N) is 2. The Balaban J connectivity index is 0.00000182. The van der Waals surface area contributed by atoms with Crippen molar-refractivity contribution in [3.05, 3.63) is 0 Å². The van der Waals surface area contributed by atoms with E-state index in [1.54, 1.807) is 7.11 Å². The fourth-order valence-corrected chi connectivity index (χ4v) is 7.61. The van der Waals surface area contributed by atoms with Crippen LogP contribution in [-0.2, 0) is 9.53 Å². The number of carbonyl (C=O) groups excluding carboxylic acids is 1. The molecule has 4 bridgehead atoms. The second kappa shape index (κ2) is 6.38. The van der Waals surface area contributed by atoms with Crippen molar-refractivity contribution < 1.29 is 9.53 Å². The first-order chi connectivity index (χ1) is 11.3. The molecule has 5 heteroatoms. The molecule has 4 nitrogen and oxygen atoms in total. The minimum absolute atomic E-state index is 0. The van der Waals surface area contributed by atoms with Crippen molar-refractivity contribution in [2.75, 3.05) is 26.8 Å². The predicted molar refractivity (Wildman–Crippen MR) is 102 cm³/mol. The fourth-order valence-electron chi connectivity index (χ4n) is 7.61. The van der Waals surface area contributed by atoms with Gasteiger partial charge in [0.15, 0.2) is 0 Å². The van der Waals surface area contributed by atoms with E-state index in [1.165, 1.54) is 25.7 Å². The Morgan fingerprint density at radius 3 is 2.36 bits per heavy atom.